The molecule has 2 aromatic carbocycles. The number of nitrogens with zero attached hydrogens (tertiary/aromatic N) is 1. The van der Waals surface area contributed by atoms with Crippen LogP contribution >= 0.6 is 11.6 Å². The van der Waals surface area contributed by atoms with Crippen molar-refractivity contribution in [1.82, 2.24) is 4.31 Å². The third kappa shape index (κ3) is 5.63. The minimum Gasteiger partial charge on any atom is -0.495 e. The van der Waals surface area contributed by atoms with Gasteiger partial charge in [0.25, 0.3) is 0 Å². The smallest absolute Gasteiger partial charge is 0.340 e. The second-order valence-corrected chi connectivity index (χ2v) is 10.1. The number of esters is 1. The lowest BCUT2D eigenvalue weighted by Gasteiger charge is -2.30. The molecule has 1 fully saturated rings. The van der Waals surface area contributed by atoms with Crippen LogP contribution in [0, 0.1) is 5.92 Å². The summed E-state index contributed by atoms with van der Waals surface area (Å²) >= 11 is 6.09. The van der Waals surface area contributed by atoms with Crippen LogP contribution in [0.15, 0.2) is 35.2 Å². The quantitative estimate of drug-likeness (QED) is 0.521. The molecule has 1 N–H and O–H groups in total. The fourth-order valence-corrected chi connectivity index (χ4v) is 5.63. The summed E-state index contributed by atoms with van der Waals surface area (Å²) < 4.78 is 47.8. The van der Waals surface area contributed by atoms with E-state index in [0.717, 1.165) is 0 Å². The Kier molecular flexibility index (Phi) is 8.47. The van der Waals surface area contributed by atoms with Gasteiger partial charge in [-0.25, -0.2) is 13.2 Å². The number of benzene rings is 2. The third-order valence-electron chi connectivity index (χ3n) is 5.77. The van der Waals surface area contributed by atoms with Crippen LogP contribution in [0.5, 0.6) is 17.2 Å². The minimum absolute atomic E-state index is 0.0549. The first-order chi connectivity index (χ1) is 16.7. The second kappa shape index (κ2) is 11.1. The summed E-state index contributed by atoms with van der Waals surface area (Å²) in [5, 5.41) is 2.95. The van der Waals surface area contributed by atoms with E-state index >= 15 is 0 Å². The highest BCUT2D eigenvalue weighted by Crippen LogP contribution is 2.35. The number of rotatable bonds is 8. The average molecular weight is 527 g/mol. The van der Waals surface area contributed by atoms with Gasteiger partial charge in [-0.2, -0.15) is 4.31 Å². The molecule has 1 aliphatic rings. The summed E-state index contributed by atoms with van der Waals surface area (Å²) in [5.41, 5.74) is 0.317. The van der Waals surface area contributed by atoms with Crippen LogP contribution in [0.2, 0.25) is 5.02 Å². The molecule has 1 amide bonds. The third-order valence-corrected chi connectivity index (χ3v) is 7.96. The van der Waals surface area contributed by atoms with E-state index < -0.39 is 21.9 Å². The maximum atomic E-state index is 13.0. The van der Waals surface area contributed by atoms with Gasteiger partial charge >= 0.3 is 5.97 Å². The number of anilines is 1. The molecule has 190 valence electrons. The van der Waals surface area contributed by atoms with Crippen molar-refractivity contribution in [2.75, 3.05) is 46.8 Å². The van der Waals surface area contributed by atoms with E-state index in [9.17, 15) is 18.0 Å². The Hall–Kier alpha value is -3.02. The van der Waals surface area contributed by atoms with Gasteiger partial charge in [-0.3, -0.25) is 4.79 Å². The van der Waals surface area contributed by atoms with Crippen molar-refractivity contribution >= 4 is 39.2 Å². The first-order valence-electron chi connectivity index (χ1n) is 10.6. The maximum Gasteiger partial charge on any atom is 0.340 e. The van der Waals surface area contributed by atoms with Crippen molar-refractivity contribution in [3.8, 4) is 17.2 Å². The molecule has 2 aromatic rings. The minimum atomic E-state index is -3.79. The zero-order chi connectivity index (χ0) is 25.8. The Bertz CT molecular complexity index is 1210. The van der Waals surface area contributed by atoms with E-state index in [0.29, 0.717) is 30.1 Å². The number of halogens is 1. The number of carbonyl (C=O) groups is 2. The molecule has 1 heterocycles. The van der Waals surface area contributed by atoms with Crippen LogP contribution in [-0.4, -0.2) is 66.1 Å². The fourth-order valence-electron chi connectivity index (χ4n) is 3.81. The number of piperidine rings is 1. The Morgan fingerprint density at radius 1 is 0.943 bits per heavy atom. The van der Waals surface area contributed by atoms with Crippen LogP contribution in [0.3, 0.4) is 0 Å². The monoisotopic (exact) mass is 526 g/mol. The molecule has 1 saturated heterocycles. The van der Waals surface area contributed by atoms with Crippen LogP contribution in [0.25, 0.3) is 0 Å². The van der Waals surface area contributed by atoms with Crippen molar-refractivity contribution in [3.63, 3.8) is 0 Å². The van der Waals surface area contributed by atoms with Crippen molar-refractivity contribution in [2.45, 2.75) is 17.7 Å². The first kappa shape index (κ1) is 26.6. The van der Waals surface area contributed by atoms with Gasteiger partial charge in [0.1, 0.15) is 5.75 Å². The number of sulfonamides is 1. The Labute approximate surface area is 209 Å². The topological polar surface area (TPSA) is 120 Å². The number of nitrogens with one attached hydrogen (secondary N) is 1. The maximum absolute atomic E-state index is 13.0. The van der Waals surface area contributed by atoms with E-state index in [-0.39, 0.29) is 40.2 Å². The van der Waals surface area contributed by atoms with Gasteiger partial charge in [-0.1, -0.05) is 11.6 Å². The summed E-state index contributed by atoms with van der Waals surface area (Å²) in [6, 6.07) is 7.19. The molecule has 12 heteroatoms. The Balaban J connectivity index is 1.73. The molecule has 1 aliphatic heterocycles. The summed E-state index contributed by atoms with van der Waals surface area (Å²) in [5.74, 6) is -0.438. The lowest BCUT2D eigenvalue weighted by atomic mass is 9.97. The number of amides is 1. The standard InChI is InChI=1S/C23H27ClN2O8S/c1-31-19-6-5-15(11-17(19)24)35(29,30)26-9-7-14(8-10-26)22(27)25-18-13-21(33-3)20(32-2)12-16(18)23(28)34-4/h5-6,11-14H,7-10H2,1-4H3,(H,25,27). The van der Waals surface area contributed by atoms with Crippen molar-refractivity contribution in [1.29, 1.82) is 0 Å². The zero-order valence-electron chi connectivity index (χ0n) is 19.8. The average Bonchev–Trinajstić information content (AvgIpc) is 2.87. The lowest BCUT2D eigenvalue weighted by Crippen LogP contribution is -2.41. The van der Waals surface area contributed by atoms with Crippen molar-refractivity contribution in [2.24, 2.45) is 5.92 Å². The molecular formula is C23H27ClN2O8S. The molecule has 0 aromatic heterocycles. The SMILES string of the molecule is COC(=O)c1cc(OC)c(OC)cc1NC(=O)C1CCN(S(=O)(=O)c2ccc(OC)c(Cl)c2)CC1. The van der Waals surface area contributed by atoms with Crippen LogP contribution in [0.4, 0.5) is 5.69 Å². The molecule has 0 radical (unpaired) electrons. The molecule has 0 aliphatic carbocycles. The number of methoxy groups -OCH3 is 4. The van der Waals surface area contributed by atoms with Crippen LogP contribution in [0.1, 0.15) is 23.2 Å². The normalized spacial score (nSPS) is 14.8. The van der Waals surface area contributed by atoms with Gasteiger partial charge in [0.15, 0.2) is 11.5 Å². The second-order valence-electron chi connectivity index (χ2n) is 7.71. The zero-order valence-corrected chi connectivity index (χ0v) is 21.4. The van der Waals surface area contributed by atoms with Crippen molar-refractivity contribution in [3.05, 3.63) is 40.9 Å². The number of ether oxygens (including phenoxy) is 4. The summed E-state index contributed by atoms with van der Waals surface area (Å²) in [6.07, 6.45) is 0.603. The highest BCUT2D eigenvalue weighted by Gasteiger charge is 2.33. The van der Waals surface area contributed by atoms with E-state index in [1.165, 1.54) is 63.1 Å². The van der Waals surface area contributed by atoms with E-state index in [1.54, 1.807) is 0 Å². The van der Waals surface area contributed by atoms with Crippen LogP contribution < -0.4 is 19.5 Å². The van der Waals surface area contributed by atoms with Gasteiger partial charge in [0, 0.05) is 31.1 Å². The molecule has 10 nitrogen and oxygen atoms in total. The molecule has 3 rings (SSSR count). The molecule has 0 bridgehead atoms. The summed E-state index contributed by atoms with van der Waals surface area (Å²) in [4.78, 5) is 25.3. The van der Waals surface area contributed by atoms with Gasteiger partial charge in [-0.05, 0) is 31.0 Å². The molecular weight excluding hydrogens is 500 g/mol. The predicted octanol–water partition coefficient (Wildman–Crippen LogP) is 3.19. The van der Waals surface area contributed by atoms with E-state index in [2.05, 4.69) is 5.32 Å². The van der Waals surface area contributed by atoms with Gasteiger partial charge in [0.2, 0.25) is 15.9 Å². The van der Waals surface area contributed by atoms with Crippen LogP contribution in [-0.2, 0) is 19.6 Å². The highest BCUT2D eigenvalue weighted by atomic mass is 35.5. The molecule has 0 saturated carbocycles. The fraction of sp³-hybridized carbons (Fsp3) is 0.391. The Morgan fingerprint density at radius 2 is 1.54 bits per heavy atom. The van der Waals surface area contributed by atoms with Crippen molar-refractivity contribution < 1.29 is 37.0 Å². The Morgan fingerprint density at radius 3 is 2.09 bits per heavy atom. The predicted molar refractivity (Wildman–Crippen MR) is 129 cm³/mol. The molecule has 0 atom stereocenters. The lowest BCUT2D eigenvalue weighted by molar-refractivity contribution is -0.120. The largest absolute Gasteiger partial charge is 0.495 e. The highest BCUT2D eigenvalue weighted by molar-refractivity contribution is 7.89. The number of hydrogen-bond donors (Lipinski definition) is 1. The summed E-state index contributed by atoms with van der Waals surface area (Å²) in [6.45, 7) is 0.305. The molecule has 35 heavy (non-hydrogen) atoms. The van der Waals surface area contributed by atoms with Gasteiger partial charge in [0.05, 0.1) is 49.6 Å². The summed E-state index contributed by atoms with van der Waals surface area (Å²) in [7, 11) is 1.76. The van der Waals surface area contributed by atoms with Gasteiger partial charge < -0.3 is 24.3 Å². The number of carbonyl (C=O) groups excluding carboxylic acids is 2. The van der Waals surface area contributed by atoms with Gasteiger partial charge in [-0.15, -0.1) is 0 Å². The van der Waals surface area contributed by atoms with E-state index in [1.807, 2.05) is 0 Å². The molecule has 0 spiro atoms. The molecule has 0 unspecified atom stereocenters. The van der Waals surface area contributed by atoms with E-state index in [4.69, 9.17) is 30.5 Å². The first-order valence-corrected chi connectivity index (χ1v) is 12.5. The number of hydrogen-bond acceptors (Lipinski definition) is 8.